The van der Waals surface area contributed by atoms with E-state index < -0.39 is 0 Å². The van der Waals surface area contributed by atoms with E-state index >= 15 is 0 Å². The third-order valence-corrected chi connectivity index (χ3v) is 3.81. The Morgan fingerprint density at radius 3 is 2.70 bits per heavy atom. The Balaban J connectivity index is 1.76. The number of phenols is 1. The number of amides is 1. The second kappa shape index (κ2) is 6.75. The van der Waals surface area contributed by atoms with Gasteiger partial charge in [0, 0.05) is 31.6 Å². The third-order valence-electron chi connectivity index (χ3n) is 3.81. The highest BCUT2D eigenvalue weighted by molar-refractivity contribution is 5.78. The van der Waals surface area contributed by atoms with Gasteiger partial charge in [-0.15, -0.1) is 0 Å². The van der Waals surface area contributed by atoms with E-state index in [9.17, 15) is 9.90 Å². The van der Waals surface area contributed by atoms with E-state index in [0.717, 1.165) is 38.0 Å². The van der Waals surface area contributed by atoms with Crippen molar-refractivity contribution < 1.29 is 9.90 Å². The summed E-state index contributed by atoms with van der Waals surface area (Å²) >= 11 is 0. The summed E-state index contributed by atoms with van der Waals surface area (Å²) < 4.78 is 0. The van der Waals surface area contributed by atoms with Gasteiger partial charge in [-0.2, -0.15) is 0 Å². The van der Waals surface area contributed by atoms with Gasteiger partial charge in [0.1, 0.15) is 5.75 Å². The van der Waals surface area contributed by atoms with Crippen molar-refractivity contribution in [1.82, 2.24) is 10.2 Å². The van der Waals surface area contributed by atoms with Crippen LogP contribution >= 0.6 is 0 Å². The first-order valence-electron chi connectivity index (χ1n) is 7.36. The summed E-state index contributed by atoms with van der Waals surface area (Å²) in [6.45, 7) is 6.35. The lowest BCUT2D eigenvalue weighted by Crippen LogP contribution is -2.45. The number of rotatable bonds is 4. The lowest BCUT2D eigenvalue weighted by Gasteiger charge is -2.33. The Labute approximate surface area is 120 Å². The molecule has 20 heavy (non-hydrogen) atoms. The summed E-state index contributed by atoms with van der Waals surface area (Å²) in [5.74, 6) is 0.657. The van der Waals surface area contributed by atoms with Crippen molar-refractivity contribution in [2.24, 2.45) is 5.92 Å². The van der Waals surface area contributed by atoms with Crippen LogP contribution in [-0.2, 0) is 11.3 Å². The fourth-order valence-electron chi connectivity index (χ4n) is 2.60. The highest BCUT2D eigenvalue weighted by Gasteiger charge is 2.23. The number of nitrogens with one attached hydrogen (secondary N) is 1. The van der Waals surface area contributed by atoms with Crippen molar-refractivity contribution in [3.63, 3.8) is 0 Å². The number of benzene rings is 1. The first kappa shape index (κ1) is 14.9. The van der Waals surface area contributed by atoms with Crippen LogP contribution < -0.4 is 5.32 Å². The number of carbonyl (C=O) groups excluding carboxylic acids is 1. The summed E-state index contributed by atoms with van der Waals surface area (Å²) in [6.07, 6.45) is 1.99. The predicted octanol–water partition coefficient (Wildman–Crippen LogP) is 2.13. The average molecular weight is 276 g/mol. The average Bonchev–Trinajstić information content (AvgIpc) is 2.45. The zero-order valence-electron chi connectivity index (χ0n) is 12.3. The largest absolute Gasteiger partial charge is 0.508 e. The number of hydrogen-bond acceptors (Lipinski definition) is 3. The fraction of sp³-hybridized carbons (Fsp3) is 0.562. The van der Waals surface area contributed by atoms with Crippen molar-refractivity contribution in [1.29, 1.82) is 0 Å². The van der Waals surface area contributed by atoms with Crippen molar-refractivity contribution in [2.75, 3.05) is 13.1 Å². The molecule has 1 heterocycles. The number of aromatic hydroxyl groups is 1. The number of carbonyl (C=O) groups is 1. The van der Waals surface area contributed by atoms with Gasteiger partial charge in [0.05, 0.1) is 0 Å². The van der Waals surface area contributed by atoms with Gasteiger partial charge in [-0.05, 0) is 30.5 Å². The van der Waals surface area contributed by atoms with Crippen LogP contribution in [0.5, 0.6) is 5.75 Å². The molecule has 0 radical (unpaired) electrons. The molecule has 0 aliphatic carbocycles. The molecule has 0 aromatic heterocycles. The molecular weight excluding hydrogens is 252 g/mol. The first-order chi connectivity index (χ1) is 9.56. The number of likely N-dealkylation sites (tertiary alicyclic amines) is 1. The molecule has 1 saturated heterocycles. The van der Waals surface area contributed by atoms with E-state index in [1.54, 1.807) is 12.1 Å². The van der Waals surface area contributed by atoms with Gasteiger partial charge in [0.15, 0.2) is 0 Å². The summed E-state index contributed by atoms with van der Waals surface area (Å²) in [5.41, 5.74) is 1.09. The second-order valence-corrected chi connectivity index (χ2v) is 5.81. The lowest BCUT2D eigenvalue weighted by molar-refractivity contribution is -0.135. The topological polar surface area (TPSA) is 52.6 Å². The van der Waals surface area contributed by atoms with E-state index in [1.807, 2.05) is 30.9 Å². The van der Waals surface area contributed by atoms with Crippen LogP contribution in [0.4, 0.5) is 0 Å². The van der Waals surface area contributed by atoms with Gasteiger partial charge in [0.2, 0.25) is 5.91 Å². The van der Waals surface area contributed by atoms with E-state index in [2.05, 4.69) is 5.32 Å². The Morgan fingerprint density at radius 2 is 2.10 bits per heavy atom. The van der Waals surface area contributed by atoms with Crippen LogP contribution in [0, 0.1) is 5.92 Å². The molecular formula is C16H24N2O2. The highest BCUT2D eigenvalue weighted by atomic mass is 16.3. The number of hydrogen-bond donors (Lipinski definition) is 2. The van der Waals surface area contributed by atoms with Crippen molar-refractivity contribution in [2.45, 2.75) is 39.3 Å². The molecule has 110 valence electrons. The minimum absolute atomic E-state index is 0.0896. The fourth-order valence-corrected chi connectivity index (χ4v) is 2.60. The Hall–Kier alpha value is -1.55. The SMILES string of the molecule is CC(C)C(=O)N1CCC(NCc2cccc(O)c2)CC1. The Morgan fingerprint density at radius 1 is 1.40 bits per heavy atom. The van der Waals surface area contributed by atoms with Gasteiger partial charge >= 0.3 is 0 Å². The monoisotopic (exact) mass is 276 g/mol. The van der Waals surface area contributed by atoms with E-state index in [-0.39, 0.29) is 11.8 Å². The van der Waals surface area contributed by atoms with Crippen LogP contribution in [0.15, 0.2) is 24.3 Å². The van der Waals surface area contributed by atoms with Crippen molar-refractivity contribution in [3.8, 4) is 5.75 Å². The molecule has 0 atom stereocenters. The van der Waals surface area contributed by atoms with E-state index in [0.29, 0.717) is 11.8 Å². The van der Waals surface area contributed by atoms with Gasteiger partial charge < -0.3 is 15.3 Å². The molecule has 0 saturated carbocycles. The molecule has 4 nitrogen and oxygen atoms in total. The normalized spacial score (nSPS) is 16.6. The summed E-state index contributed by atoms with van der Waals surface area (Å²) in [4.78, 5) is 13.9. The highest BCUT2D eigenvalue weighted by Crippen LogP contribution is 2.15. The molecule has 1 fully saturated rings. The molecule has 1 amide bonds. The second-order valence-electron chi connectivity index (χ2n) is 5.81. The van der Waals surface area contributed by atoms with Crippen LogP contribution in [0.25, 0.3) is 0 Å². The zero-order valence-corrected chi connectivity index (χ0v) is 12.3. The van der Waals surface area contributed by atoms with Gasteiger partial charge in [-0.25, -0.2) is 0 Å². The standard InChI is InChI=1S/C16H24N2O2/c1-12(2)16(20)18-8-6-14(7-9-18)17-11-13-4-3-5-15(19)10-13/h3-5,10,12,14,17,19H,6-9,11H2,1-2H3. The maximum Gasteiger partial charge on any atom is 0.225 e. The van der Waals surface area contributed by atoms with Gasteiger partial charge in [-0.3, -0.25) is 4.79 Å². The molecule has 0 unspecified atom stereocenters. The molecule has 2 rings (SSSR count). The van der Waals surface area contributed by atoms with E-state index in [1.165, 1.54) is 0 Å². The number of piperidine rings is 1. The smallest absolute Gasteiger partial charge is 0.225 e. The van der Waals surface area contributed by atoms with Gasteiger partial charge in [0.25, 0.3) is 0 Å². The minimum Gasteiger partial charge on any atom is -0.508 e. The van der Waals surface area contributed by atoms with Crippen molar-refractivity contribution >= 4 is 5.91 Å². The number of phenolic OH excluding ortho intramolecular Hbond substituents is 1. The minimum atomic E-state index is 0.0896. The quantitative estimate of drug-likeness (QED) is 0.886. The Kier molecular flexibility index (Phi) is 5.01. The summed E-state index contributed by atoms with van der Waals surface area (Å²) in [6, 6.07) is 7.78. The van der Waals surface area contributed by atoms with Crippen molar-refractivity contribution in [3.05, 3.63) is 29.8 Å². The summed E-state index contributed by atoms with van der Waals surface area (Å²) in [7, 11) is 0. The molecule has 0 bridgehead atoms. The van der Waals surface area contributed by atoms with E-state index in [4.69, 9.17) is 0 Å². The lowest BCUT2D eigenvalue weighted by atomic mass is 10.0. The molecule has 1 aliphatic rings. The van der Waals surface area contributed by atoms with Crippen LogP contribution in [0.1, 0.15) is 32.3 Å². The van der Waals surface area contributed by atoms with Crippen LogP contribution in [-0.4, -0.2) is 35.0 Å². The first-order valence-corrected chi connectivity index (χ1v) is 7.36. The summed E-state index contributed by atoms with van der Waals surface area (Å²) in [5, 5.41) is 12.9. The molecule has 1 aliphatic heterocycles. The van der Waals surface area contributed by atoms with Crippen LogP contribution in [0.2, 0.25) is 0 Å². The van der Waals surface area contributed by atoms with Crippen LogP contribution in [0.3, 0.4) is 0 Å². The maximum absolute atomic E-state index is 11.9. The molecule has 2 N–H and O–H groups in total. The predicted molar refractivity (Wildman–Crippen MR) is 79.4 cm³/mol. The molecule has 4 heteroatoms. The maximum atomic E-state index is 11.9. The molecule has 0 spiro atoms. The molecule has 1 aromatic carbocycles. The zero-order chi connectivity index (χ0) is 14.5. The number of nitrogens with zero attached hydrogens (tertiary/aromatic N) is 1. The third kappa shape index (κ3) is 3.97. The van der Waals surface area contributed by atoms with Gasteiger partial charge in [-0.1, -0.05) is 26.0 Å². The Bertz CT molecular complexity index is 452. The molecule has 1 aromatic rings.